The van der Waals surface area contributed by atoms with E-state index in [0.29, 0.717) is 23.4 Å². The maximum atomic E-state index is 11.9. The lowest BCUT2D eigenvalue weighted by Crippen LogP contribution is -2.25. The first-order valence-corrected chi connectivity index (χ1v) is 8.50. The molecule has 0 aliphatic rings. The van der Waals surface area contributed by atoms with Gasteiger partial charge in [-0.25, -0.2) is 4.79 Å². The van der Waals surface area contributed by atoms with E-state index in [4.69, 9.17) is 19.7 Å². The topological polar surface area (TPSA) is 122 Å². The SMILES string of the molecule is COc1cccc(NC(=O)OCCc2cccc(CC(C(=O)O)C(=O)O)c2)c1. The minimum Gasteiger partial charge on any atom is -0.497 e. The van der Waals surface area contributed by atoms with Gasteiger partial charge in [-0.15, -0.1) is 0 Å². The van der Waals surface area contributed by atoms with Gasteiger partial charge in [-0.1, -0.05) is 30.3 Å². The van der Waals surface area contributed by atoms with E-state index in [1.165, 1.54) is 7.11 Å². The molecule has 0 spiro atoms. The van der Waals surface area contributed by atoms with Gasteiger partial charge in [0.2, 0.25) is 0 Å². The summed E-state index contributed by atoms with van der Waals surface area (Å²) >= 11 is 0. The smallest absolute Gasteiger partial charge is 0.411 e. The highest BCUT2D eigenvalue weighted by Gasteiger charge is 2.25. The maximum absolute atomic E-state index is 11.9. The number of carboxylic acids is 2. The zero-order valence-corrected chi connectivity index (χ0v) is 15.3. The molecule has 0 fully saturated rings. The molecule has 2 rings (SSSR count). The Morgan fingerprint density at radius 3 is 2.36 bits per heavy atom. The minimum atomic E-state index is -1.50. The Balaban J connectivity index is 1.86. The number of carbonyl (C=O) groups is 3. The van der Waals surface area contributed by atoms with E-state index >= 15 is 0 Å². The van der Waals surface area contributed by atoms with Crippen molar-refractivity contribution in [3.63, 3.8) is 0 Å². The number of carbonyl (C=O) groups excluding carboxylic acids is 1. The molecule has 0 saturated heterocycles. The average molecular weight is 387 g/mol. The molecule has 0 saturated carbocycles. The molecule has 28 heavy (non-hydrogen) atoms. The van der Waals surface area contributed by atoms with Gasteiger partial charge in [0.25, 0.3) is 0 Å². The van der Waals surface area contributed by atoms with E-state index in [9.17, 15) is 14.4 Å². The number of hydrogen-bond donors (Lipinski definition) is 3. The second kappa shape index (κ2) is 9.96. The van der Waals surface area contributed by atoms with Crippen LogP contribution in [-0.2, 0) is 27.2 Å². The van der Waals surface area contributed by atoms with E-state index in [1.807, 2.05) is 0 Å². The third-order valence-electron chi connectivity index (χ3n) is 3.97. The largest absolute Gasteiger partial charge is 0.497 e. The summed E-state index contributed by atoms with van der Waals surface area (Å²) in [5.74, 6) is -3.65. The molecule has 8 nitrogen and oxygen atoms in total. The van der Waals surface area contributed by atoms with Crippen molar-refractivity contribution in [2.75, 3.05) is 19.0 Å². The van der Waals surface area contributed by atoms with E-state index < -0.39 is 23.9 Å². The van der Waals surface area contributed by atoms with Crippen LogP contribution in [0.3, 0.4) is 0 Å². The number of hydrogen-bond acceptors (Lipinski definition) is 5. The molecule has 3 N–H and O–H groups in total. The van der Waals surface area contributed by atoms with Crippen LogP contribution in [0, 0.1) is 5.92 Å². The molecule has 1 amide bonds. The van der Waals surface area contributed by atoms with Crippen LogP contribution in [0.25, 0.3) is 0 Å². The molecule has 2 aromatic carbocycles. The van der Waals surface area contributed by atoms with Crippen LogP contribution in [0.2, 0.25) is 0 Å². The second-order valence-electron chi connectivity index (χ2n) is 6.00. The highest BCUT2D eigenvalue weighted by Crippen LogP contribution is 2.17. The second-order valence-corrected chi connectivity index (χ2v) is 6.00. The van der Waals surface area contributed by atoms with E-state index in [0.717, 1.165) is 5.56 Å². The van der Waals surface area contributed by atoms with Crippen molar-refractivity contribution in [2.45, 2.75) is 12.8 Å². The van der Waals surface area contributed by atoms with Crippen LogP contribution in [0.1, 0.15) is 11.1 Å². The molecule has 0 bridgehead atoms. The molecule has 0 unspecified atom stereocenters. The van der Waals surface area contributed by atoms with Gasteiger partial charge < -0.3 is 19.7 Å². The van der Waals surface area contributed by atoms with E-state index in [1.54, 1.807) is 48.5 Å². The Morgan fingerprint density at radius 1 is 1.00 bits per heavy atom. The lowest BCUT2D eigenvalue weighted by molar-refractivity contribution is -0.154. The van der Waals surface area contributed by atoms with Crippen molar-refractivity contribution in [3.05, 3.63) is 59.7 Å². The predicted octanol–water partition coefficient (Wildman–Crippen LogP) is 2.81. The fraction of sp³-hybridized carbons (Fsp3) is 0.250. The molecule has 148 valence electrons. The van der Waals surface area contributed by atoms with Crippen LogP contribution >= 0.6 is 0 Å². The molecule has 0 heterocycles. The van der Waals surface area contributed by atoms with Crippen LogP contribution in [0.4, 0.5) is 10.5 Å². The first kappa shape index (κ1) is 20.8. The van der Waals surface area contributed by atoms with Crippen molar-refractivity contribution >= 4 is 23.7 Å². The number of rotatable bonds is 9. The quantitative estimate of drug-likeness (QED) is 0.566. The highest BCUT2D eigenvalue weighted by atomic mass is 16.5. The number of nitrogens with one attached hydrogen (secondary N) is 1. The summed E-state index contributed by atoms with van der Waals surface area (Å²) in [5, 5.41) is 20.5. The first-order valence-electron chi connectivity index (χ1n) is 8.50. The minimum absolute atomic E-state index is 0.112. The van der Waals surface area contributed by atoms with Crippen molar-refractivity contribution in [3.8, 4) is 5.75 Å². The maximum Gasteiger partial charge on any atom is 0.411 e. The van der Waals surface area contributed by atoms with Gasteiger partial charge in [0.15, 0.2) is 5.92 Å². The average Bonchev–Trinajstić information content (AvgIpc) is 2.66. The van der Waals surface area contributed by atoms with Crippen molar-refractivity contribution in [1.82, 2.24) is 0 Å². The van der Waals surface area contributed by atoms with Crippen molar-refractivity contribution in [1.29, 1.82) is 0 Å². The lowest BCUT2D eigenvalue weighted by Gasteiger charge is -2.10. The monoisotopic (exact) mass is 387 g/mol. The molecule has 8 heteroatoms. The Kier molecular flexibility index (Phi) is 7.38. The molecule has 0 radical (unpaired) electrons. The number of carboxylic acid groups (broad SMARTS) is 2. The van der Waals surface area contributed by atoms with Gasteiger partial charge in [-0.2, -0.15) is 0 Å². The van der Waals surface area contributed by atoms with E-state index in [2.05, 4.69) is 5.32 Å². The van der Waals surface area contributed by atoms with Gasteiger partial charge in [0, 0.05) is 18.2 Å². The Hall–Kier alpha value is -3.55. The summed E-state index contributed by atoms with van der Waals surface area (Å²) in [5.41, 5.74) is 1.94. The third kappa shape index (κ3) is 6.31. The zero-order valence-electron chi connectivity index (χ0n) is 15.3. The first-order chi connectivity index (χ1) is 13.4. The van der Waals surface area contributed by atoms with E-state index in [-0.39, 0.29) is 13.0 Å². The normalized spacial score (nSPS) is 10.4. The fourth-order valence-corrected chi connectivity index (χ4v) is 2.54. The summed E-state index contributed by atoms with van der Waals surface area (Å²) in [4.78, 5) is 33.9. The summed E-state index contributed by atoms with van der Waals surface area (Å²) in [6.45, 7) is 0.112. The van der Waals surface area contributed by atoms with Crippen LogP contribution in [-0.4, -0.2) is 42.0 Å². The van der Waals surface area contributed by atoms with Crippen molar-refractivity contribution in [2.24, 2.45) is 5.92 Å². The Morgan fingerprint density at radius 2 is 1.68 bits per heavy atom. The third-order valence-corrected chi connectivity index (χ3v) is 3.97. The predicted molar refractivity (Wildman–Crippen MR) is 101 cm³/mol. The van der Waals surface area contributed by atoms with Crippen molar-refractivity contribution < 1.29 is 34.1 Å². The Bertz CT molecular complexity index is 836. The summed E-state index contributed by atoms with van der Waals surface area (Å²) in [6, 6.07) is 13.7. The van der Waals surface area contributed by atoms with Crippen LogP contribution in [0.5, 0.6) is 5.75 Å². The number of benzene rings is 2. The van der Waals surface area contributed by atoms with Gasteiger partial charge >= 0.3 is 18.0 Å². The zero-order chi connectivity index (χ0) is 20.5. The standard InChI is InChI=1S/C20H21NO7/c1-27-16-7-3-6-15(12-16)21-20(26)28-9-8-13-4-2-5-14(10-13)11-17(18(22)23)19(24)25/h2-7,10,12,17H,8-9,11H2,1H3,(H,21,26)(H,22,23)(H,24,25). The van der Waals surface area contributed by atoms with Crippen LogP contribution < -0.4 is 10.1 Å². The molecule has 0 aliphatic heterocycles. The molecule has 0 atom stereocenters. The number of amides is 1. The molecule has 0 aromatic heterocycles. The molecule has 2 aromatic rings. The van der Waals surface area contributed by atoms with Gasteiger partial charge in [-0.3, -0.25) is 14.9 Å². The lowest BCUT2D eigenvalue weighted by atomic mass is 9.97. The number of ether oxygens (including phenoxy) is 2. The highest BCUT2D eigenvalue weighted by molar-refractivity contribution is 5.93. The molecular weight excluding hydrogens is 366 g/mol. The molecule has 0 aliphatic carbocycles. The van der Waals surface area contributed by atoms with Gasteiger partial charge in [-0.05, 0) is 29.7 Å². The summed E-state index contributed by atoms with van der Waals surface area (Å²) in [6.07, 6.45) is -0.318. The van der Waals surface area contributed by atoms with Crippen LogP contribution in [0.15, 0.2) is 48.5 Å². The van der Waals surface area contributed by atoms with Gasteiger partial charge in [0.05, 0.1) is 13.7 Å². The molecular formula is C20H21NO7. The number of aliphatic carboxylic acids is 2. The van der Waals surface area contributed by atoms with Gasteiger partial charge in [0.1, 0.15) is 5.75 Å². The summed E-state index contributed by atoms with van der Waals surface area (Å²) < 4.78 is 10.2. The fourth-order valence-electron chi connectivity index (χ4n) is 2.54. The number of methoxy groups -OCH3 is 1. The number of anilines is 1. The Labute approximate surface area is 161 Å². The summed E-state index contributed by atoms with van der Waals surface area (Å²) in [7, 11) is 1.53.